The van der Waals surface area contributed by atoms with E-state index in [-0.39, 0.29) is 6.04 Å². The van der Waals surface area contributed by atoms with Crippen molar-refractivity contribution in [2.24, 2.45) is 5.92 Å². The largest absolute Gasteiger partial charge is 0.315 e. The molecule has 2 rings (SSSR count). The molecule has 0 bridgehead atoms. The lowest BCUT2D eigenvalue weighted by Gasteiger charge is -2.17. The average molecular weight is 302 g/mol. The lowest BCUT2D eigenvalue weighted by Crippen LogP contribution is -2.35. The SMILES string of the molecule is CCC(CC1CC1)NS(=O)(=O)c1ccsc1CNC. The molecule has 0 amide bonds. The van der Waals surface area contributed by atoms with Crippen LogP contribution < -0.4 is 10.0 Å². The van der Waals surface area contributed by atoms with Crippen LogP contribution in [0.1, 0.15) is 37.5 Å². The quantitative estimate of drug-likeness (QED) is 0.775. The average Bonchev–Trinajstić information content (AvgIpc) is 3.04. The van der Waals surface area contributed by atoms with Gasteiger partial charge in [0, 0.05) is 17.5 Å². The molecule has 108 valence electrons. The van der Waals surface area contributed by atoms with Crippen LogP contribution in [0.25, 0.3) is 0 Å². The molecule has 0 aromatic carbocycles. The van der Waals surface area contributed by atoms with Gasteiger partial charge in [0.2, 0.25) is 10.0 Å². The molecule has 1 aromatic heterocycles. The van der Waals surface area contributed by atoms with E-state index < -0.39 is 10.0 Å². The molecule has 0 aliphatic heterocycles. The van der Waals surface area contributed by atoms with Crippen LogP contribution in [0.2, 0.25) is 0 Å². The molecule has 1 heterocycles. The molecular weight excluding hydrogens is 280 g/mol. The molecule has 0 radical (unpaired) electrons. The van der Waals surface area contributed by atoms with Gasteiger partial charge in [0.15, 0.2) is 0 Å². The predicted molar refractivity (Wildman–Crippen MR) is 78.8 cm³/mol. The van der Waals surface area contributed by atoms with E-state index in [4.69, 9.17) is 0 Å². The Labute approximate surface area is 119 Å². The van der Waals surface area contributed by atoms with Crippen LogP contribution in [0.4, 0.5) is 0 Å². The summed E-state index contributed by atoms with van der Waals surface area (Å²) >= 11 is 1.48. The molecule has 1 saturated carbocycles. The van der Waals surface area contributed by atoms with Crippen LogP contribution >= 0.6 is 11.3 Å². The second-order valence-electron chi connectivity index (χ2n) is 5.14. The number of nitrogens with one attached hydrogen (secondary N) is 2. The van der Waals surface area contributed by atoms with Crippen molar-refractivity contribution in [3.63, 3.8) is 0 Å². The number of sulfonamides is 1. The Morgan fingerprint density at radius 1 is 1.47 bits per heavy atom. The highest BCUT2D eigenvalue weighted by Crippen LogP contribution is 2.34. The first-order chi connectivity index (χ1) is 9.06. The van der Waals surface area contributed by atoms with Gasteiger partial charge in [-0.15, -0.1) is 11.3 Å². The monoisotopic (exact) mass is 302 g/mol. The first kappa shape index (κ1) is 15.0. The highest BCUT2D eigenvalue weighted by molar-refractivity contribution is 7.89. The van der Waals surface area contributed by atoms with Gasteiger partial charge in [0.25, 0.3) is 0 Å². The van der Waals surface area contributed by atoms with E-state index in [9.17, 15) is 8.42 Å². The Morgan fingerprint density at radius 2 is 2.21 bits per heavy atom. The maximum Gasteiger partial charge on any atom is 0.241 e. The summed E-state index contributed by atoms with van der Waals surface area (Å²) in [5.41, 5.74) is 0. The van der Waals surface area contributed by atoms with Crippen LogP contribution in [-0.4, -0.2) is 21.5 Å². The Kier molecular flexibility index (Phi) is 5.00. The molecule has 1 unspecified atom stereocenters. The lowest BCUT2D eigenvalue weighted by atomic mass is 10.1. The zero-order chi connectivity index (χ0) is 13.9. The van der Waals surface area contributed by atoms with Crippen LogP contribution in [0, 0.1) is 5.92 Å². The van der Waals surface area contributed by atoms with Crippen molar-refractivity contribution < 1.29 is 8.42 Å². The molecule has 1 aliphatic carbocycles. The topological polar surface area (TPSA) is 58.2 Å². The summed E-state index contributed by atoms with van der Waals surface area (Å²) in [5, 5.41) is 4.85. The molecule has 1 aromatic rings. The zero-order valence-corrected chi connectivity index (χ0v) is 13.1. The summed E-state index contributed by atoms with van der Waals surface area (Å²) in [7, 11) is -1.55. The van der Waals surface area contributed by atoms with Crippen molar-refractivity contribution in [1.82, 2.24) is 10.0 Å². The zero-order valence-electron chi connectivity index (χ0n) is 11.5. The first-order valence-electron chi connectivity index (χ1n) is 6.80. The fraction of sp³-hybridized carbons (Fsp3) is 0.692. The summed E-state index contributed by atoms with van der Waals surface area (Å²) in [6, 6.07) is 1.77. The third-order valence-corrected chi connectivity index (χ3v) is 6.12. The van der Waals surface area contributed by atoms with Gasteiger partial charge in [-0.05, 0) is 37.3 Å². The fourth-order valence-electron chi connectivity index (χ4n) is 2.19. The van der Waals surface area contributed by atoms with Gasteiger partial charge in [-0.1, -0.05) is 19.8 Å². The molecule has 19 heavy (non-hydrogen) atoms. The van der Waals surface area contributed by atoms with Crippen molar-refractivity contribution in [3.8, 4) is 0 Å². The summed E-state index contributed by atoms with van der Waals surface area (Å²) < 4.78 is 27.7. The molecule has 0 saturated heterocycles. The van der Waals surface area contributed by atoms with E-state index in [1.165, 1.54) is 24.2 Å². The Balaban J connectivity index is 2.09. The van der Waals surface area contributed by atoms with E-state index in [2.05, 4.69) is 10.0 Å². The maximum atomic E-state index is 12.4. The molecule has 2 N–H and O–H groups in total. The highest BCUT2D eigenvalue weighted by atomic mass is 32.2. The molecule has 4 nitrogen and oxygen atoms in total. The fourth-order valence-corrected chi connectivity index (χ4v) is 4.98. The molecule has 1 atom stereocenters. The van der Waals surface area contributed by atoms with Gasteiger partial charge >= 0.3 is 0 Å². The molecule has 6 heteroatoms. The third kappa shape index (κ3) is 4.02. The standard InChI is InChI=1S/C13H22N2O2S2/c1-3-11(8-10-4-5-10)15-19(16,17)13-6-7-18-12(13)9-14-2/h6-7,10-11,14-15H,3-5,8-9H2,1-2H3. The number of hydrogen-bond acceptors (Lipinski definition) is 4. The van der Waals surface area contributed by atoms with Gasteiger partial charge in [-0.3, -0.25) is 0 Å². The van der Waals surface area contributed by atoms with Crippen molar-refractivity contribution in [2.75, 3.05) is 7.05 Å². The van der Waals surface area contributed by atoms with Gasteiger partial charge < -0.3 is 5.32 Å². The minimum Gasteiger partial charge on any atom is -0.315 e. The minimum atomic E-state index is -3.38. The van der Waals surface area contributed by atoms with Gasteiger partial charge in [-0.25, -0.2) is 13.1 Å². The lowest BCUT2D eigenvalue weighted by molar-refractivity contribution is 0.495. The molecule has 1 fully saturated rings. The van der Waals surface area contributed by atoms with E-state index in [1.807, 2.05) is 19.4 Å². The van der Waals surface area contributed by atoms with Gasteiger partial charge in [0.1, 0.15) is 0 Å². The number of hydrogen-bond donors (Lipinski definition) is 2. The Hall–Kier alpha value is -0.430. The van der Waals surface area contributed by atoms with Gasteiger partial charge in [0.05, 0.1) is 4.90 Å². The molecule has 0 spiro atoms. The summed E-state index contributed by atoms with van der Waals surface area (Å²) in [4.78, 5) is 1.30. The number of rotatable bonds is 8. The maximum absolute atomic E-state index is 12.4. The van der Waals surface area contributed by atoms with E-state index in [0.717, 1.165) is 23.6 Å². The van der Waals surface area contributed by atoms with E-state index >= 15 is 0 Å². The van der Waals surface area contributed by atoms with Crippen molar-refractivity contribution >= 4 is 21.4 Å². The van der Waals surface area contributed by atoms with Crippen LogP contribution in [0.5, 0.6) is 0 Å². The number of thiophene rings is 1. The van der Waals surface area contributed by atoms with E-state index in [1.54, 1.807) is 6.07 Å². The highest BCUT2D eigenvalue weighted by Gasteiger charge is 2.28. The van der Waals surface area contributed by atoms with Crippen LogP contribution in [-0.2, 0) is 16.6 Å². The van der Waals surface area contributed by atoms with Gasteiger partial charge in [-0.2, -0.15) is 0 Å². The minimum absolute atomic E-state index is 0.0693. The normalized spacial score (nSPS) is 17.6. The summed E-state index contributed by atoms with van der Waals surface area (Å²) in [6.45, 7) is 2.63. The Bertz CT molecular complexity index is 506. The first-order valence-corrected chi connectivity index (χ1v) is 9.16. The van der Waals surface area contributed by atoms with Crippen LogP contribution in [0.3, 0.4) is 0 Å². The second-order valence-corrected chi connectivity index (χ2v) is 7.83. The van der Waals surface area contributed by atoms with Crippen molar-refractivity contribution in [3.05, 3.63) is 16.3 Å². The van der Waals surface area contributed by atoms with Crippen LogP contribution in [0.15, 0.2) is 16.3 Å². The molecule has 1 aliphatic rings. The molecular formula is C13H22N2O2S2. The summed E-state index contributed by atoms with van der Waals surface area (Å²) in [6.07, 6.45) is 4.33. The van der Waals surface area contributed by atoms with Crippen molar-refractivity contribution in [2.45, 2.75) is 50.1 Å². The summed E-state index contributed by atoms with van der Waals surface area (Å²) in [5.74, 6) is 0.729. The van der Waals surface area contributed by atoms with Crippen molar-refractivity contribution in [1.29, 1.82) is 0 Å². The van der Waals surface area contributed by atoms with E-state index in [0.29, 0.717) is 11.4 Å². The predicted octanol–water partition coefficient (Wildman–Crippen LogP) is 2.32. The Morgan fingerprint density at radius 3 is 2.79 bits per heavy atom. The third-order valence-electron chi connectivity index (χ3n) is 3.46. The smallest absolute Gasteiger partial charge is 0.241 e. The second kappa shape index (κ2) is 6.35.